The van der Waals surface area contributed by atoms with Gasteiger partial charge in [0.1, 0.15) is 6.67 Å². The predicted octanol–water partition coefficient (Wildman–Crippen LogP) is -0.327. The zero-order valence-corrected chi connectivity index (χ0v) is 7.52. The van der Waals surface area contributed by atoms with Crippen molar-refractivity contribution in [3.8, 4) is 0 Å². The van der Waals surface area contributed by atoms with E-state index in [1.54, 1.807) is 0 Å². The molecule has 0 aromatic rings. The van der Waals surface area contributed by atoms with Gasteiger partial charge in [-0.05, 0) is 0 Å². The summed E-state index contributed by atoms with van der Waals surface area (Å²) in [5, 5.41) is 17.5. The topological polar surface area (TPSA) is 77.8 Å². The first-order chi connectivity index (χ1) is 6.56. The average molecular weight is 205 g/mol. The van der Waals surface area contributed by atoms with E-state index in [0.717, 1.165) is 0 Å². The number of aliphatic carboxylic acids is 2. The minimum absolute atomic E-state index is 0.105. The van der Waals surface area contributed by atoms with Gasteiger partial charge in [-0.25, -0.2) is 4.39 Å². The lowest BCUT2D eigenvalue weighted by atomic mass is 9.97. The molecule has 0 aromatic heterocycles. The van der Waals surface area contributed by atoms with Crippen LogP contribution in [0.2, 0.25) is 0 Å². The molecule has 14 heavy (non-hydrogen) atoms. The summed E-state index contributed by atoms with van der Waals surface area (Å²) >= 11 is 0. The number of carboxylic acid groups (broad SMARTS) is 2. The SMILES string of the molecule is O=C(O)[C@H]1CN(CCF)C[C@@H]1C(=O)O. The monoisotopic (exact) mass is 205 g/mol. The molecule has 0 aromatic carbocycles. The molecule has 0 bridgehead atoms. The Morgan fingerprint density at radius 3 is 1.93 bits per heavy atom. The van der Waals surface area contributed by atoms with Crippen LogP contribution in [0.5, 0.6) is 0 Å². The van der Waals surface area contributed by atoms with E-state index in [1.807, 2.05) is 0 Å². The Labute approximate surface area is 80.1 Å². The Morgan fingerprint density at radius 1 is 1.21 bits per heavy atom. The maximum atomic E-state index is 12.0. The Morgan fingerprint density at radius 2 is 1.64 bits per heavy atom. The number of likely N-dealkylation sites (tertiary alicyclic amines) is 1. The molecule has 1 fully saturated rings. The van der Waals surface area contributed by atoms with Crippen LogP contribution in [0.15, 0.2) is 0 Å². The molecule has 1 saturated heterocycles. The van der Waals surface area contributed by atoms with Crippen molar-refractivity contribution in [1.82, 2.24) is 4.90 Å². The fourth-order valence-electron chi connectivity index (χ4n) is 1.69. The minimum atomic E-state index is -1.13. The summed E-state index contributed by atoms with van der Waals surface area (Å²) in [6, 6.07) is 0. The highest BCUT2D eigenvalue weighted by molar-refractivity contribution is 5.81. The Bertz CT molecular complexity index is 223. The summed E-state index contributed by atoms with van der Waals surface area (Å²) in [5.41, 5.74) is 0. The van der Waals surface area contributed by atoms with Gasteiger partial charge in [0, 0.05) is 19.6 Å². The molecule has 0 aliphatic carbocycles. The smallest absolute Gasteiger partial charge is 0.308 e. The lowest BCUT2D eigenvalue weighted by Gasteiger charge is -2.11. The van der Waals surface area contributed by atoms with Crippen molar-refractivity contribution in [1.29, 1.82) is 0 Å². The Hall–Kier alpha value is -1.17. The van der Waals surface area contributed by atoms with Crippen molar-refractivity contribution in [3.63, 3.8) is 0 Å². The third kappa shape index (κ3) is 2.20. The molecule has 1 aliphatic heterocycles. The van der Waals surface area contributed by atoms with Crippen LogP contribution < -0.4 is 0 Å². The third-order valence-electron chi connectivity index (χ3n) is 2.43. The van der Waals surface area contributed by atoms with E-state index in [1.165, 1.54) is 4.90 Å². The van der Waals surface area contributed by atoms with Crippen molar-refractivity contribution in [2.24, 2.45) is 11.8 Å². The van der Waals surface area contributed by atoms with Gasteiger partial charge in [-0.1, -0.05) is 0 Å². The average Bonchev–Trinajstić information content (AvgIpc) is 2.49. The zero-order valence-electron chi connectivity index (χ0n) is 7.52. The first-order valence-corrected chi connectivity index (χ1v) is 4.30. The second kappa shape index (κ2) is 4.36. The number of halogens is 1. The number of carbonyl (C=O) groups is 2. The number of carboxylic acids is 2. The molecule has 2 N–H and O–H groups in total. The van der Waals surface area contributed by atoms with Crippen molar-refractivity contribution >= 4 is 11.9 Å². The van der Waals surface area contributed by atoms with Crippen molar-refractivity contribution in [3.05, 3.63) is 0 Å². The van der Waals surface area contributed by atoms with Crippen LogP contribution in [0.3, 0.4) is 0 Å². The van der Waals surface area contributed by atoms with Crippen LogP contribution in [0.1, 0.15) is 0 Å². The molecule has 1 rings (SSSR count). The molecular formula is C8H12FNO4. The van der Waals surface area contributed by atoms with Gasteiger partial charge in [0.05, 0.1) is 11.8 Å². The Balaban J connectivity index is 2.65. The number of hydrogen-bond acceptors (Lipinski definition) is 3. The molecule has 0 spiro atoms. The van der Waals surface area contributed by atoms with E-state index in [0.29, 0.717) is 0 Å². The van der Waals surface area contributed by atoms with Crippen LogP contribution in [-0.4, -0.2) is 53.4 Å². The predicted molar refractivity (Wildman–Crippen MR) is 44.7 cm³/mol. The molecule has 0 saturated carbocycles. The van der Waals surface area contributed by atoms with Gasteiger partial charge in [0.15, 0.2) is 0 Å². The van der Waals surface area contributed by atoms with Crippen LogP contribution in [0.4, 0.5) is 4.39 Å². The molecule has 0 unspecified atom stereocenters. The summed E-state index contributed by atoms with van der Waals surface area (Å²) in [5.74, 6) is -4.09. The van der Waals surface area contributed by atoms with E-state index in [-0.39, 0.29) is 19.6 Å². The lowest BCUT2D eigenvalue weighted by Crippen LogP contribution is -2.28. The summed E-state index contributed by atoms with van der Waals surface area (Å²) in [6.45, 7) is -0.237. The normalized spacial score (nSPS) is 27.8. The Kier molecular flexibility index (Phi) is 3.40. The second-order valence-electron chi connectivity index (χ2n) is 3.34. The van der Waals surface area contributed by atoms with Crippen LogP contribution >= 0.6 is 0 Å². The van der Waals surface area contributed by atoms with E-state index in [9.17, 15) is 14.0 Å². The van der Waals surface area contributed by atoms with E-state index in [2.05, 4.69) is 0 Å². The minimum Gasteiger partial charge on any atom is -0.481 e. The van der Waals surface area contributed by atoms with Crippen LogP contribution in [0.25, 0.3) is 0 Å². The highest BCUT2D eigenvalue weighted by Crippen LogP contribution is 2.23. The number of hydrogen-bond donors (Lipinski definition) is 2. The maximum absolute atomic E-state index is 12.0. The first-order valence-electron chi connectivity index (χ1n) is 4.30. The first kappa shape index (κ1) is 10.9. The fraction of sp³-hybridized carbons (Fsp3) is 0.750. The van der Waals surface area contributed by atoms with Gasteiger partial charge < -0.3 is 10.2 Å². The third-order valence-corrected chi connectivity index (χ3v) is 2.43. The number of nitrogens with zero attached hydrogens (tertiary/aromatic N) is 1. The summed E-state index contributed by atoms with van der Waals surface area (Å²) in [4.78, 5) is 22.9. The zero-order chi connectivity index (χ0) is 10.7. The molecule has 0 radical (unpaired) electrons. The van der Waals surface area contributed by atoms with E-state index >= 15 is 0 Å². The lowest BCUT2D eigenvalue weighted by molar-refractivity contribution is -0.151. The standard InChI is InChI=1S/C8H12FNO4/c9-1-2-10-3-5(7(11)12)6(4-10)8(13)14/h5-6H,1-4H2,(H,11,12)(H,13,14)/t5-,6-/m0/s1. The van der Waals surface area contributed by atoms with Crippen LogP contribution in [0, 0.1) is 11.8 Å². The molecule has 6 heteroatoms. The van der Waals surface area contributed by atoms with E-state index in [4.69, 9.17) is 10.2 Å². The quantitative estimate of drug-likeness (QED) is 0.657. The van der Waals surface area contributed by atoms with Gasteiger partial charge in [-0.15, -0.1) is 0 Å². The second-order valence-corrected chi connectivity index (χ2v) is 3.34. The molecular weight excluding hydrogens is 193 g/mol. The van der Waals surface area contributed by atoms with Gasteiger partial charge in [0.2, 0.25) is 0 Å². The highest BCUT2D eigenvalue weighted by atomic mass is 19.1. The fourth-order valence-corrected chi connectivity index (χ4v) is 1.69. The number of alkyl halides is 1. The van der Waals surface area contributed by atoms with Gasteiger partial charge in [0.25, 0.3) is 0 Å². The molecule has 2 atom stereocenters. The highest BCUT2D eigenvalue weighted by Gasteiger charge is 2.41. The molecule has 0 amide bonds. The molecule has 1 aliphatic rings. The molecule has 80 valence electrons. The largest absolute Gasteiger partial charge is 0.481 e. The molecule has 5 nitrogen and oxygen atoms in total. The molecule has 1 heterocycles. The summed E-state index contributed by atoms with van der Waals surface area (Å²) in [7, 11) is 0. The van der Waals surface area contributed by atoms with E-state index < -0.39 is 30.4 Å². The number of rotatable bonds is 4. The van der Waals surface area contributed by atoms with Crippen molar-refractivity contribution < 1.29 is 24.2 Å². The van der Waals surface area contributed by atoms with Crippen molar-refractivity contribution in [2.45, 2.75) is 0 Å². The van der Waals surface area contributed by atoms with Gasteiger partial charge in [-0.2, -0.15) is 0 Å². The van der Waals surface area contributed by atoms with Gasteiger partial charge >= 0.3 is 11.9 Å². The summed E-state index contributed by atoms with van der Waals surface area (Å²) < 4.78 is 12.0. The summed E-state index contributed by atoms with van der Waals surface area (Å²) in [6.07, 6.45) is 0. The maximum Gasteiger partial charge on any atom is 0.308 e. The van der Waals surface area contributed by atoms with Gasteiger partial charge in [-0.3, -0.25) is 14.5 Å². The van der Waals surface area contributed by atoms with Crippen LogP contribution in [-0.2, 0) is 9.59 Å². The van der Waals surface area contributed by atoms with Crippen molar-refractivity contribution in [2.75, 3.05) is 26.3 Å².